The maximum atomic E-state index is 12.2. The van der Waals surface area contributed by atoms with E-state index in [0.717, 1.165) is 29.4 Å². The number of nitrogens with zero attached hydrogens (tertiary/aromatic N) is 1. The zero-order valence-corrected chi connectivity index (χ0v) is 14.4. The Bertz CT molecular complexity index is 423. The lowest BCUT2D eigenvalue weighted by molar-refractivity contribution is 0.0231. The van der Waals surface area contributed by atoms with Gasteiger partial charge in [-0.15, -0.1) is 0 Å². The number of halogens is 1. The molecule has 1 aromatic rings. The lowest BCUT2D eigenvalue weighted by atomic mass is 10.2. The van der Waals surface area contributed by atoms with E-state index < -0.39 is 5.60 Å². The number of carbonyl (C=O) groups is 1. The van der Waals surface area contributed by atoms with Gasteiger partial charge in [-0.2, -0.15) is 0 Å². The number of hydrogen-bond acceptors (Lipinski definition) is 2. The van der Waals surface area contributed by atoms with Crippen LogP contribution in [0.3, 0.4) is 0 Å². The summed E-state index contributed by atoms with van der Waals surface area (Å²) in [5.41, 5.74) is 0.650. The molecule has 0 unspecified atom stereocenters. The Balaban J connectivity index is 2.73. The van der Waals surface area contributed by atoms with E-state index in [1.807, 2.05) is 45.0 Å². The van der Waals surface area contributed by atoms with Gasteiger partial charge < -0.3 is 9.64 Å². The van der Waals surface area contributed by atoms with Gasteiger partial charge in [0.15, 0.2) is 0 Å². The molecule has 0 N–H and O–H groups in total. The van der Waals surface area contributed by atoms with Crippen LogP contribution in [0.5, 0.6) is 0 Å². The highest BCUT2D eigenvalue weighted by Gasteiger charge is 2.21. The number of unbranched alkanes of at least 4 members (excludes halogenated alkanes) is 1. The van der Waals surface area contributed by atoms with Crippen LogP contribution in [-0.2, 0) is 11.3 Å². The second-order valence-corrected chi connectivity index (χ2v) is 6.80. The maximum Gasteiger partial charge on any atom is 0.410 e. The summed E-state index contributed by atoms with van der Waals surface area (Å²) in [6.07, 6.45) is 1.80. The van der Waals surface area contributed by atoms with Crippen molar-refractivity contribution in [1.29, 1.82) is 0 Å². The standard InChI is InChI=1S/C16H24BrNO2/c1-5-6-11-18(15(19)20-16(2,3)4)12-13-7-9-14(17)10-8-13/h7-10H,5-6,11-12H2,1-4H3. The Hall–Kier alpha value is -1.03. The molecule has 0 aliphatic heterocycles. The van der Waals surface area contributed by atoms with E-state index >= 15 is 0 Å². The first-order chi connectivity index (χ1) is 9.31. The summed E-state index contributed by atoms with van der Waals surface area (Å²) in [5, 5.41) is 0. The Kier molecular flexibility index (Phi) is 6.53. The van der Waals surface area contributed by atoms with E-state index in [1.165, 1.54) is 0 Å². The van der Waals surface area contributed by atoms with Gasteiger partial charge in [0.05, 0.1) is 0 Å². The summed E-state index contributed by atoms with van der Waals surface area (Å²) in [6, 6.07) is 8.02. The Morgan fingerprint density at radius 1 is 1.25 bits per heavy atom. The summed E-state index contributed by atoms with van der Waals surface area (Å²) >= 11 is 3.42. The second kappa shape index (κ2) is 7.67. The summed E-state index contributed by atoms with van der Waals surface area (Å²) in [5.74, 6) is 0. The lowest BCUT2D eigenvalue weighted by Gasteiger charge is -2.27. The van der Waals surface area contributed by atoms with Crippen molar-refractivity contribution in [3.63, 3.8) is 0 Å². The number of ether oxygens (including phenoxy) is 1. The van der Waals surface area contributed by atoms with Crippen LogP contribution in [-0.4, -0.2) is 23.1 Å². The molecule has 0 bridgehead atoms. The highest BCUT2D eigenvalue weighted by molar-refractivity contribution is 9.10. The molecule has 0 atom stereocenters. The fourth-order valence-electron chi connectivity index (χ4n) is 1.72. The Morgan fingerprint density at radius 3 is 2.35 bits per heavy atom. The van der Waals surface area contributed by atoms with Gasteiger partial charge in [0.25, 0.3) is 0 Å². The number of benzene rings is 1. The van der Waals surface area contributed by atoms with Crippen molar-refractivity contribution in [2.24, 2.45) is 0 Å². The number of hydrogen-bond donors (Lipinski definition) is 0. The van der Waals surface area contributed by atoms with Gasteiger partial charge in [0.2, 0.25) is 0 Å². The van der Waals surface area contributed by atoms with E-state index in [0.29, 0.717) is 6.54 Å². The molecular formula is C16H24BrNO2. The van der Waals surface area contributed by atoms with Crippen LogP contribution in [0.4, 0.5) is 4.79 Å². The molecule has 0 fully saturated rings. The zero-order valence-electron chi connectivity index (χ0n) is 12.8. The predicted molar refractivity (Wildman–Crippen MR) is 85.7 cm³/mol. The zero-order chi connectivity index (χ0) is 15.2. The predicted octanol–water partition coefficient (Wildman–Crippen LogP) is 4.99. The highest BCUT2D eigenvalue weighted by atomic mass is 79.9. The van der Waals surface area contributed by atoms with Crippen LogP contribution in [0.2, 0.25) is 0 Å². The first-order valence-corrected chi connectivity index (χ1v) is 7.83. The third-order valence-electron chi connectivity index (χ3n) is 2.72. The van der Waals surface area contributed by atoms with Crippen molar-refractivity contribution in [3.8, 4) is 0 Å². The van der Waals surface area contributed by atoms with Crippen molar-refractivity contribution in [3.05, 3.63) is 34.3 Å². The molecule has 20 heavy (non-hydrogen) atoms. The topological polar surface area (TPSA) is 29.5 Å². The van der Waals surface area contributed by atoms with Crippen molar-refractivity contribution in [2.45, 2.75) is 52.7 Å². The van der Waals surface area contributed by atoms with E-state index in [9.17, 15) is 4.79 Å². The van der Waals surface area contributed by atoms with Gasteiger partial charge in [-0.25, -0.2) is 4.79 Å². The van der Waals surface area contributed by atoms with Gasteiger partial charge in [0.1, 0.15) is 5.60 Å². The average molecular weight is 342 g/mol. The van der Waals surface area contributed by atoms with Gasteiger partial charge in [-0.3, -0.25) is 0 Å². The molecule has 1 aromatic carbocycles. The lowest BCUT2D eigenvalue weighted by Crippen LogP contribution is -2.37. The molecule has 0 spiro atoms. The molecule has 3 nitrogen and oxygen atoms in total. The van der Waals surface area contributed by atoms with Crippen LogP contribution in [0.15, 0.2) is 28.7 Å². The summed E-state index contributed by atoms with van der Waals surface area (Å²) in [6.45, 7) is 9.10. The average Bonchev–Trinajstić information content (AvgIpc) is 2.34. The molecule has 0 aliphatic carbocycles. The van der Waals surface area contributed by atoms with Crippen LogP contribution in [0, 0.1) is 0 Å². The van der Waals surface area contributed by atoms with E-state index in [-0.39, 0.29) is 6.09 Å². The van der Waals surface area contributed by atoms with Gasteiger partial charge in [-0.1, -0.05) is 41.4 Å². The van der Waals surface area contributed by atoms with Crippen LogP contribution < -0.4 is 0 Å². The first-order valence-electron chi connectivity index (χ1n) is 7.04. The molecular weight excluding hydrogens is 318 g/mol. The molecule has 0 heterocycles. The normalized spacial score (nSPS) is 11.2. The second-order valence-electron chi connectivity index (χ2n) is 5.88. The number of rotatable bonds is 5. The van der Waals surface area contributed by atoms with E-state index in [2.05, 4.69) is 22.9 Å². The molecule has 0 saturated heterocycles. The fourth-order valence-corrected chi connectivity index (χ4v) is 1.98. The van der Waals surface area contributed by atoms with Crippen molar-refractivity contribution in [2.75, 3.05) is 6.54 Å². The highest BCUT2D eigenvalue weighted by Crippen LogP contribution is 2.15. The van der Waals surface area contributed by atoms with Gasteiger partial charge >= 0.3 is 6.09 Å². The quantitative estimate of drug-likeness (QED) is 0.755. The molecule has 0 aliphatic rings. The summed E-state index contributed by atoms with van der Waals surface area (Å²) in [7, 11) is 0. The maximum absolute atomic E-state index is 12.2. The Labute approximate surface area is 130 Å². The molecule has 0 aromatic heterocycles. The van der Waals surface area contributed by atoms with Crippen LogP contribution in [0.25, 0.3) is 0 Å². The summed E-state index contributed by atoms with van der Waals surface area (Å²) in [4.78, 5) is 14.0. The Morgan fingerprint density at radius 2 is 1.85 bits per heavy atom. The van der Waals surface area contributed by atoms with Gasteiger partial charge in [-0.05, 0) is 44.9 Å². The van der Waals surface area contributed by atoms with Crippen molar-refractivity contribution in [1.82, 2.24) is 4.90 Å². The summed E-state index contributed by atoms with van der Waals surface area (Å²) < 4.78 is 6.51. The minimum atomic E-state index is -0.457. The minimum absolute atomic E-state index is 0.242. The minimum Gasteiger partial charge on any atom is -0.444 e. The van der Waals surface area contributed by atoms with Crippen LogP contribution >= 0.6 is 15.9 Å². The van der Waals surface area contributed by atoms with Crippen molar-refractivity contribution < 1.29 is 9.53 Å². The first kappa shape index (κ1) is 17.0. The van der Waals surface area contributed by atoms with E-state index in [4.69, 9.17) is 4.74 Å². The fraction of sp³-hybridized carbons (Fsp3) is 0.562. The van der Waals surface area contributed by atoms with Crippen LogP contribution in [0.1, 0.15) is 46.1 Å². The molecule has 1 amide bonds. The molecule has 112 valence electrons. The molecule has 0 radical (unpaired) electrons. The third kappa shape index (κ3) is 6.42. The molecule has 4 heteroatoms. The monoisotopic (exact) mass is 341 g/mol. The molecule has 1 rings (SSSR count). The number of carbonyl (C=O) groups excluding carboxylic acids is 1. The SMILES string of the molecule is CCCCN(Cc1ccc(Br)cc1)C(=O)OC(C)(C)C. The van der Waals surface area contributed by atoms with Gasteiger partial charge in [0, 0.05) is 17.6 Å². The largest absolute Gasteiger partial charge is 0.444 e. The van der Waals surface area contributed by atoms with E-state index in [1.54, 1.807) is 4.90 Å². The molecule has 0 saturated carbocycles. The third-order valence-corrected chi connectivity index (χ3v) is 3.25. The smallest absolute Gasteiger partial charge is 0.410 e. The van der Waals surface area contributed by atoms with Crippen molar-refractivity contribution >= 4 is 22.0 Å². The number of amides is 1.